The van der Waals surface area contributed by atoms with Crippen molar-refractivity contribution in [1.29, 1.82) is 0 Å². The second-order valence-electron chi connectivity index (χ2n) is 4.53. The van der Waals surface area contributed by atoms with Gasteiger partial charge in [0.05, 0.1) is 11.0 Å². The second-order valence-corrected chi connectivity index (χ2v) is 6.68. The molecule has 1 aromatic carbocycles. The molecule has 0 saturated heterocycles. The van der Waals surface area contributed by atoms with Crippen molar-refractivity contribution in [2.24, 2.45) is 0 Å². The van der Waals surface area contributed by atoms with E-state index in [4.69, 9.17) is 4.74 Å². The van der Waals surface area contributed by atoms with Gasteiger partial charge in [0.2, 0.25) is 10.0 Å². The predicted octanol–water partition coefficient (Wildman–Crippen LogP) is 2.76. The molecular formula is C14H21NO3S. The summed E-state index contributed by atoms with van der Waals surface area (Å²) in [7, 11) is -0.417. The van der Waals surface area contributed by atoms with Crippen molar-refractivity contribution in [3.63, 3.8) is 0 Å². The van der Waals surface area contributed by atoms with Gasteiger partial charge in [0.15, 0.2) is 0 Å². The highest BCUT2D eigenvalue weighted by Gasteiger charge is 2.18. The zero-order valence-electron chi connectivity index (χ0n) is 11.9. The first-order valence-electron chi connectivity index (χ1n) is 6.18. The van der Waals surface area contributed by atoms with Crippen LogP contribution in [0.1, 0.15) is 25.8 Å². The first-order valence-corrected chi connectivity index (χ1v) is 7.62. The van der Waals surface area contributed by atoms with Gasteiger partial charge in [-0.2, -0.15) is 0 Å². The fraction of sp³-hybridized carbons (Fsp3) is 0.429. The minimum Gasteiger partial charge on any atom is -0.490 e. The Labute approximate surface area is 115 Å². The molecule has 0 radical (unpaired) electrons. The molecule has 4 nitrogen and oxygen atoms in total. The third-order valence-corrected chi connectivity index (χ3v) is 4.69. The molecule has 1 aromatic rings. The quantitative estimate of drug-likeness (QED) is 0.806. The van der Waals surface area contributed by atoms with Crippen LogP contribution < -0.4 is 4.74 Å². The zero-order valence-corrected chi connectivity index (χ0v) is 12.7. The maximum absolute atomic E-state index is 12.0. The lowest BCUT2D eigenvalue weighted by Crippen LogP contribution is -2.22. The molecule has 1 atom stereocenters. The van der Waals surface area contributed by atoms with Crippen LogP contribution in [0.25, 0.3) is 6.08 Å². The summed E-state index contributed by atoms with van der Waals surface area (Å²) in [6.07, 6.45) is 2.57. The Bertz CT molecular complexity index is 550. The number of hydrogen-bond donors (Lipinski definition) is 0. The van der Waals surface area contributed by atoms with Crippen LogP contribution in [0.15, 0.2) is 29.7 Å². The molecule has 0 bridgehead atoms. The summed E-state index contributed by atoms with van der Waals surface area (Å²) >= 11 is 0. The van der Waals surface area contributed by atoms with E-state index in [9.17, 15) is 8.42 Å². The monoisotopic (exact) mass is 283 g/mol. The molecule has 0 saturated carbocycles. The van der Waals surface area contributed by atoms with Crippen molar-refractivity contribution < 1.29 is 13.2 Å². The lowest BCUT2D eigenvalue weighted by Gasteiger charge is -2.17. The van der Waals surface area contributed by atoms with E-state index in [1.165, 1.54) is 18.4 Å². The molecule has 1 unspecified atom stereocenters. The molecule has 0 heterocycles. The second kappa shape index (κ2) is 6.21. The average Bonchev–Trinajstić information content (AvgIpc) is 2.38. The molecule has 5 heteroatoms. The molecule has 0 amide bonds. The van der Waals surface area contributed by atoms with Crippen molar-refractivity contribution >= 4 is 16.1 Å². The lowest BCUT2D eigenvalue weighted by atomic mass is 10.2. The van der Waals surface area contributed by atoms with Crippen LogP contribution in [0.4, 0.5) is 0 Å². The van der Waals surface area contributed by atoms with E-state index >= 15 is 0 Å². The molecule has 19 heavy (non-hydrogen) atoms. The van der Waals surface area contributed by atoms with E-state index in [0.29, 0.717) is 11.3 Å². The van der Waals surface area contributed by atoms with Crippen molar-refractivity contribution in [3.8, 4) is 5.75 Å². The molecule has 1 rings (SSSR count). The zero-order chi connectivity index (χ0) is 14.6. The molecule has 0 spiro atoms. The van der Waals surface area contributed by atoms with E-state index < -0.39 is 10.0 Å². The Hall–Kier alpha value is -1.33. The number of hydrogen-bond acceptors (Lipinski definition) is 3. The smallest absolute Gasteiger partial charge is 0.242 e. The van der Waals surface area contributed by atoms with Gasteiger partial charge in [-0.1, -0.05) is 19.6 Å². The summed E-state index contributed by atoms with van der Waals surface area (Å²) in [6, 6.07) is 4.82. The summed E-state index contributed by atoms with van der Waals surface area (Å²) in [4.78, 5) is 0.240. The number of nitrogens with zero attached hydrogens (tertiary/aromatic N) is 1. The molecule has 0 aliphatic rings. The maximum Gasteiger partial charge on any atom is 0.242 e. The van der Waals surface area contributed by atoms with Gasteiger partial charge in [0, 0.05) is 19.7 Å². The van der Waals surface area contributed by atoms with Crippen LogP contribution >= 0.6 is 0 Å². The van der Waals surface area contributed by atoms with Gasteiger partial charge >= 0.3 is 0 Å². The fourth-order valence-electron chi connectivity index (χ4n) is 1.46. The van der Waals surface area contributed by atoms with E-state index in [1.807, 2.05) is 13.8 Å². The summed E-state index contributed by atoms with van der Waals surface area (Å²) < 4.78 is 31.0. The largest absolute Gasteiger partial charge is 0.490 e. The summed E-state index contributed by atoms with van der Waals surface area (Å²) in [5.41, 5.74) is 0.684. The molecule has 0 N–H and O–H groups in total. The molecular weight excluding hydrogens is 262 g/mol. The van der Waals surface area contributed by atoms with Crippen LogP contribution in [0.3, 0.4) is 0 Å². The first kappa shape index (κ1) is 15.7. The van der Waals surface area contributed by atoms with E-state index in [-0.39, 0.29) is 11.0 Å². The molecule has 0 fully saturated rings. The third-order valence-electron chi connectivity index (χ3n) is 2.88. The number of benzene rings is 1. The summed E-state index contributed by atoms with van der Waals surface area (Å²) in [6.45, 7) is 7.70. The Kier molecular flexibility index (Phi) is 5.14. The van der Waals surface area contributed by atoms with Crippen molar-refractivity contribution in [3.05, 3.63) is 30.3 Å². The molecule has 0 aromatic heterocycles. The van der Waals surface area contributed by atoms with Crippen LogP contribution in [0, 0.1) is 0 Å². The Morgan fingerprint density at radius 1 is 1.42 bits per heavy atom. The third kappa shape index (κ3) is 3.58. The van der Waals surface area contributed by atoms with Crippen molar-refractivity contribution in [1.82, 2.24) is 4.31 Å². The van der Waals surface area contributed by atoms with Gasteiger partial charge in [0.1, 0.15) is 5.75 Å². The van der Waals surface area contributed by atoms with Crippen molar-refractivity contribution in [2.45, 2.75) is 31.3 Å². The highest BCUT2D eigenvalue weighted by Crippen LogP contribution is 2.26. The summed E-state index contributed by atoms with van der Waals surface area (Å²) in [5, 5.41) is 0. The van der Waals surface area contributed by atoms with E-state index in [1.54, 1.807) is 24.3 Å². The van der Waals surface area contributed by atoms with Gasteiger partial charge in [-0.3, -0.25) is 0 Å². The summed E-state index contributed by atoms with van der Waals surface area (Å²) in [5.74, 6) is 0.655. The first-order chi connectivity index (χ1) is 8.82. The van der Waals surface area contributed by atoms with Gasteiger partial charge < -0.3 is 4.74 Å². The van der Waals surface area contributed by atoms with Crippen LogP contribution in [0.2, 0.25) is 0 Å². The number of sulfonamides is 1. The normalized spacial score (nSPS) is 13.3. The average molecular weight is 283 g/mol. The van der Waals surface area contributed by atoms with Gasteiger partial charge in [-0.25, -0.2) is 12.7 Å². The standard InChI is InChI=1S/C14H21NO3S/c1-6-11(3)18-14-9-8-13(10-12(14)7-2)19(16,17)15(4)5/h7-11H,2,6H2,1,3-5H3. The molecule has 106 valence electrons. The molecule has 0 aliphatic carbocycles. The highest BCUT2D eigenvalue weighted by molar-refractivity contribution is 7.89. The maximum atomic E-state index is 12.0. The predicted molar refractivity (Wildman–Crippen MR) is 77.8 cm³/mol. The van der Waals surface area contributed by atoms with Gasteiger partial charge in [-0.15, -0.1) is 0 Å². The highest BCUT2D eigenvalue weighted by atomic mass is 32.2. The fourth-order valence-corrected chi connectivity index (χ4v) is 2.40. The SMILES string of the molecule is C=Cc1cc(S(=O)(=O)N(C)C)ccc1OC(C)CC. The lowest BCUT2D eigenvalue weighted by molar-refractivity contribution is 0.217. The minimum absolute atomic E-state index is 0.0787. The Balaban J connectivity index is 3.20. The van der Waals surface area contributed by atoms with Crippen LogP contribution in [0.5, 0.6) is 5.75 Å². The van der Waals surface area contributed by atoms with Crippen molar-refractivity contribution in [2.75, 3.05) is 14.1 Å². The molecule has 0 aliphatic heterocycles. The van der Waals surface area contributed by atoms with Gasteiger partial charge in [0.25, 0.3) is 0 Å². The van der Waals surface area contributed by atoms with Crippen LogP contribution in [-0.2, 0) is 10.0 Å². The van der Waals surface area contributed by atoms with E-state index in [2.05, 4.69) is 6.58 Å². The minimum atomic E-state index is -3.43. The Morgan fingerprint density at radius 3 is 2.53 bits per heavy atom. The van der Waals surface area contributed by atoms with E-state index in [0.717, 1.165) is 6.42 Å². The number of ether oxygens (including phenoxy) is 1. The van der Waals surface area contributed by atoms with Crippen LogP contribution in [-0.4, -0.2) is 32.9 Å². The topological polar surface area (TPSA) is 46.6 Å². The Morgan fingerprint density at radius 2 is 2.05 bits per heavy atom. The number of rotatable bonds is 6. The van der Waals surface area contributed by atoms with Gasteiger partial charge in [-0.05, 0) is 31.5 Å².